The van der Waals surface area contributed by atoms with Crippen LogP contribution < -0.4 is 22.5 Å². The fraction of sp³-hybridized carbons (Fsp3) is 0.412. The third-order valence-corrected chi connectivity index (χ3v) is 4.12. The van der Waals surface area contributed by atoms with Gasteiger partial charge in [0.15, 0.2) is 0 Å². The number of piperidine rings is 1. The molecule has 0 unspecified atom stereocenters. The third kappa shape index (κ3) is 3.67. The maximum absolute atomic E-state index is 6.33. The number of benzene rings is 1. The summed E-state index contributed by atoms with van der Waals surface area (Å²) in [5, 5.41) is 3.13. The molecule has 22 heavy (non-hydrogen) atoms. The zero-order valence-electron chi connectivity index (χ0n) is 13.5. The fourth-order valence-electron chi connectivity index (χ4n) is 2.81. The molecule has 0 aliphatic carbocycles. The van der Waals surface area contributed by atoms with Crippen molar-refractivity contribution in [3.8, 4) is 0 Å². The summed E-state index contributed by atoms with van der Waals surface area (Å²) in [5.74, 6) is 0.326. The summed E-state index contributed by atoms with van der Waals surface area (Å²) in [7, 11) is 1.89. The molecule has 7 N–H and O–H groups in total. The quantitative estimate of drug-likeness (QED) is 0.637. The molecule has 0 aromatic heterocycles. The van der Waals surface area contributed by atoms with Crippen LogP contribution in [-0.2, 0) is 0 Å². The van der Waals surface area contributed by atoms with Gasteiger partial charge in [0, 0.05) is 37.1 Å². The van der Waals surface area contributed by atoms with Crippen LogP contribution in [0.4, 0.5) is 5.69 Å². The predicted octanol–water partition coefficient (Wildman–Crippen LogP) is 1.91. The number of nitrogens with zero attached hydrogens (tertiary/aromatic N) is 1. The van der Waals surface area contributed by atoms with Gasteiger partial charge in [-0.25, -0.2) is 0 Å². The van der Waals surface area contributed by atoms with Crippen LogP contribution in [-0.4, -0.2) is 25.0 Å². The largest absolute Gasteiger partial charge is 0.398 e. The van der Waals surface area contributed by atoms with Crippen LogP contribution in [0.25, 0.3) is 5.70 Å². The van der Waals surface area contributed by atoms with Crippen LogP contribution in [0, 0.1) is 6.92 Å². The van der Waals surface area contributed by atoms with E-state index in [0.717, 1.165) is 35.6 Å². The molecule has 1 aromatic carbocycles. The van der Waals surface area contributed by atoms with Crippen molar-refractivity contribution in [2.45, 2.75) is 26.2 Å². The predicted molar refractivity (Wildman–Crippen MR) is 93.7 cm³/mol. The third-order valence-electron chi connectivity index (χ3n) is 4.12. The van der Waals surface area contributed by atoms with Gasteiger partial charge in [0.1, 0.15) is 5.82 Å². The Hall–Kier alpha value is -2.30. The van der Waals surface area contributed by atoms with Crippen molar-refractivity contribution in [1.82, 2.24) is 4.90 Å². The summed E-state index contributed by atoms with van der Waals surface area (Å²) in [6, 6.07) is 6.13. The summed E-state index contributed by atoms with van der Waals surface area (Å²) in [4.78, 5) is 2.23. The van der Waals surface area contributed by atoms with Crippen molar-refractivity contribution in [3.63, 3.8) is 0 Å². The van der Waals surface area contributed by atoms with E-state index >= 15 is 0 Å². The van der Waals surface area contributed by atoms with Crippen LogP contribution in [0.5, 0.6) is 0 Å². The van der Waals surface area contributed by atoms with Crippen LogP contribution in [0.2, 0.25) is 0 Å². The van der Waals surface area contributed by atoms with E-state index < -0.39 is 0 Å². The molecule has 0 saturated carbocycles. The zero-order valence-corrected chi connectivity index (χ0v) is 13.5. The van der Waals surface area contributed by atoms with Gasteiger partial charge in [-0.2, -0.15) is 0 Å². The summed E-state index contributed by atoms with van der Waals surface area (Å²) in [6.45, 7) is 4.00. The number of hydrogen-bond acceptors (Lipinski definition) is 5. The molecule has 1 aromatic rings. The Labute approximate surface area is 132 Å². The zero-order chi connectivity index (χ0) is 16.1. The van der Waals surface area contributed by atoms with E-state index in [4.69, 9.17) is 17.2 Å². The van der Waals surface area contributed by atoms with E-state index in [1.165, 1.54) is 19.3 Å². The van der Waals surface area contributed by atoms with Gasteiger partial charge in [0.05, 0.1) is 5.70 Å². The number of nitrogens with one attached hydrogen (secondary N) is 1. The fourth-order valence-corrected chi connectivity index (χ4v) is 2.81. The molecule has 5 heteroatoms. The number of likely N-dealkylation sites (tertiary alicyclic amines) is 1. The lowest BCUT2D eigenvalue weighted by Gasteiger charge is -2.30. The monoisotopic (exact) mass is 301 g/mol. The van der Waals surface area contributed by atoms with Gasteiger partial charge in [0.2, 0.25) is 0 Å². The number of anilines is 1. The summed E-state index contributed by atoms with van der Waals surface area (Å²) in [5.41, 5.74) is 22.8. The normalized spacial score (nSPS) is 15.5. The van der Waals surface area contributed by atoms with E-state index in [0.29, 0.717) is 11.5 Å². The van der Waals surface area contributed by atoms with Crippen molar-refractivity contribution in [2.24, 2.45) is 17.2 Å². The van der Waals surface area contributed by atoms with E-state index in [-0.39, 0.29) is 0 Å². The average molecular weight is 301 g/mol. The molecule has 1 saturated heterocycles. The minimum Gasteiger partial charge on any atom is -0.398 e. The van der Waals surface area contributed by atoms with Crippen LogP contribution in [0.3, 0.4) is 0 Å². The maximum Gasteiger partial charge on any atom is 0.118 e. The number of rotatable bonds is 4. The molecule has 1 aliphatic heterocycles. The number of nitrogens with two attached hydrogens (primary N) is 3. The van der Waals surface area contributed by atoms with Crippen LogP contribution in [0.15, 0.2) is 35.8 Å². The minimum absolute atomic E-state index is 0.326. The van der Waals surface area contributed by atoms with Crippen LogP contribution in [0.1, 0.15) is 30.4 Å². The SMILES string of the molecule is CNc1ccc(C)c(/C(N)=C/C(=C(N)N)N2CCCCC2)c1. The molecule has 2 rings (SSSR count). The summed E-state index contributed by atoms with van der Waals surface area (Å²) >= 11 is 0. The van der Waals surface area contributed by atoms with Crippen LogP contribution >= 0.6 is 0 Å². The van der Waals surface area contributed by atoms with E-state index in [9.17, 15) is 0 Å². The highest BCUT2D eigenvalue weighted by molar-refractivity contribution is 5.71. The highest BCUT2D eigenvalue weighted by atomic mass is 15.2. The molecule has 5 nitrogen and oxygen atoms in total. The lowest BCUT2D eigenvalue weighted by Crippen LogP contribution is -2.32. The molecule has 1 aliphatic rings. The molecular weight excluding hydrogens is 274 g/mol. The van der Waals surface area contributed by atoms with Gasteiger partial charge >= 0.3 is 0 Å². The number of aryl methyl sites for hydroxylation is 1. The van der Waals surface area contributed by atoms with Crippen molar-refractivity contribution >= 4 is 11.4 Å². The Balaban J connectivity index is 2.34. The second kappa shape index (κ2) is 7.11. The molecule has 0 amide bonds. The molecule has 0 radical (unpaired) electrons. The first-order valence-electron chi connectivity index (χ1n) is 7.79. The molecule has 0 bridgehead atoms. The smallest absolute Gasteiger partial charge is 0.118 e. The maximum atomic E-state index is 6.33. The lowest BCUT2D eigenvalue weighted by molar-refractivity contribution is 0.290. The Morgan fingerprint density at radius 1 is 1.14 bits per heavy atom. The first-order valence-corrected chi connectivity index (χ1v) is 7.79. The van der Waals surface area contributed by atoms with Gasteiger partial charge in [-0.05, 0) is 50.0 Å². The van der Waals surface area contributed by atoms with E-state index in [1.54, 1.807) is 0 Å². The topological polar surface area (TPSA) is 93.3 Å². The van der Waals surface area contributed by atoms with Gasteiger partial charge < -0.3 is 27.4 Å². The highest BCUT2D eigenvalue weighted by Gasteiger charge is 2.15. The van der Waals surface area contributed by atoms with E-state index in [2.05, 4.69) is 16.3 Å². The van der Waals surface area contributed by atoms with Gasteiger partial charge in [-0.15, -0.1) is 0 Å². The molecular formula is C17H27N5. The Bertz CT molecular complexity index is 579. The van der Waals surface area contributed by atoms with Gasteiger partial charge in [-0.1, -0.05) is 6.07 Å². The first kappa shape index (κ1) is 16.1. The summed E-state index contributed by atoms with van der Waals surface area (Å²) in [6.07, 6.45) is 5.50. The number of allylic oxidation sites excluding steroid dienone is 1. The molecule has 0 spiro atoms. The van der Waals surface area contributed by atoms with Gasteiger partial charge in [-0.3, -0.25) is 0 Å². The number of hydrogen-bond donors (Lipinski definition) is 4. The average Bonchev–Trinajstić information content (AvgIpc) is 2.53. The second-order valence-corrected chi connectivity index (χ2v) is 5.77. The van der Waals surface area contributed by atoms with Crippen molar-refractivity contribution < 1.29 is 0 Å². The molecule has 1 heterocycles. The Kier molecular flexibility index (Phi) is 5.20. The second-order valence-electron chi connectivity index (χ2n) is 5.77. The molecule has 0 atom stereocenters. The standard InChI is InChI=1S/C17H27N5/c1-12-6-7-13(21-2)10-14(12)15(18)11-16(17(19)20)22-8-4-3-5-9-22/h6-7,10-11,21H,3-5,8-9,18-20H2,1-2H3/b15-11-. The van der Waals surface area contributed by atoms with E-state index in [1.807, 2.05) is 32.2 Å². The van der Waals surface area contributed by atoms with Crippen molar-refractivity contribution in [3.05, 3.63) is 46.9 Å². The molecule has 1 fully saturated rings. The Morgan fingerprint density at radius 3 is 2.41 bits per heavy atom. The Morgan fingerprint density at radius 2 is 1.82 bits per heavy atom. The van der Waals surface area contributed by atoms with Gasteiger partial charge in [0.25, 0.3) is 0 Å². The minimum atomic E-state index is 0.326. The highest BCUT2D eigenvalue weighted by Crippen LogP contribution is 2.23. The summed E-state index contributed by atoms with van der Waals surface area (Å²) < 4.78 is 0. The van der Waals surface area contributed by atoms with Crippen molar-refractivity contribution in [2.75, 3.05) is 25.5 Å². The first-order chi connectivity index (χ1) is 10.5. The lowest BCUT2D eigenvalue weighted by atomic mass is 10.0. The molecule has 120 valence electrons. The van der Waals surface area contributed by atoms with Crippen molar-refractivity contribution in [1.29, 1.82) is 0 Å².